The monoisotopic (exact) mass is 370 g/mol. The summed E-state index contributed by atoms with van der Waals surface area (Å²) < 4.78 is 5.06. The predicted molar refractivity (Wildman–Crippen MR) is 102 cm³/mol. The number of ketones is 1. The lowest BCUT2D eigenvalue weighted by molar-refractivity contribution is -0.385. The maximum atomic E-state index is 12.2. The normalized spacial score (nSPS) is 10.3. The Morgan fingerprint density at radius 2 is 1.63 bits per heavy atom. The summed E-state index contributed by atoms with van der Waals surface area (Å²) >= 11 is 0. The smallest absolute Gasteiger partial charge is 0.338 e. The van der Waals surface area contributed by atoms with Gasteiger partial charge in [0.1, 0.15) is 0 Å². The van der Waals surface area contributed by atoms with Gasteiger partial charge in [-0.3, -0.25) is 14.9 Å². The van der Waals surface area contributed by atoms with Crippen LogP contribution >= 0.6 is 0 Å². The average Bonchev–Trinajstić information content (AvgIpc) is 2.67. The summed E-state index contributed by atoms with van der Waals surface area (Å²) in [5.41, 5.74) is 1.80. The van der Waals surface area contributed by atoms with E-state index in [1.807, 2.05) is 26.0 Å². The van der Waals surface area contributed by atoms with Crippen LogP contribution < -0.4 is 4.90 Å². The number of hydrogen-bond donors (Lipinski definition) is 0. The number of esters is 1. The molecule has 142 valence electrons. The maximum absolute atomic E-state index is 12.2. The lowest BCUT2D eigenvalue weighted by Crippen LogP contribution is -2.21. The fraction of sp³-hybridized carbons (Fsp3) is 0.300. The Morgan fingerprint density at radius 1 is 1.04 bits per heavy atom. The second-order valence-electron chi connectivity index (χ2n) is 5.98. The number of nitro benzene ring substituents is 1. The van der Waals surface area contributed by atoms with Crippen molar-refractivity contribution in [3.8, 4) is 0 Å². The Balaban J connectivity index is 2.02. The van der Waals surface area contributed by atoms with Crippen LogP contribution in [0.3, 0.4) is 0 Å². The van der Waals surface area contributed by atoms with Crippen LogP contribution in [0.1, 0.15) is 40.1 Å². The molecular weight excluding hydrogens is 348 g/mol. The number of nitrogens with zero attached hydrogens (tertiary/aromatic N) is 2. The topological polar surface area (TPSA) is 89.8 Å². The van der Waals surface area contributed by atoms with E-state index in [0.717, 1.165) is 18.8 Å². The van der Waals surface area contributed by atoms with Crippen molar-refractivity contribution in [1.82, 2.24) is 0 Å². The number of anilines is 1. The number of aryl methyl sites for hydroxylation is 1. The molecule has 0 heterocycles. The average molecular weight is 370 g/mol. The summed E-state index contributed by atoms with van der Waals surface area (Å²) in [5.74, 6) is -1.11. The first-order chi connectivity index (χ1) is 12.9. The lowest BCUT2D eigenvalue weighted by atomic mass is 10.1. The number of carbonyl (C=O) groups is 2. The summed E-state index contributed by atoms with van der Waals surface area (Å²) in [6.45, 7) is 6.93. The van der Waals surface area contributed by atoms with Crippen LogP contribution in [0.15, 0.2) is 42.5 Å². The third-order valence-corrected chi connectivity index (χ3v) is 4.29. The highest BCUT2D eigenvalue weighted by atomic mass is 16.6. The summed E-state index contributed by atoms with van der Waals surface area (Å²) in [4.78, 5) is 36.9. The summed E-state index contributed by atoms with van der Waals surface area (Å²) in [5, 5.41) is 11.0. The molecule has 0 atom stereocenters. The van der Waals surface area contributed by atoms with Gasteiger partial charge in [-0.15, -0.1) is 0 Å². The number of hydrogen-bond acceptors (Lipinski definition) is 6. The van der Waals surface area contributed by atoms with E-state index in [9.17, 15) is 19.7 Å². The van der Waals surface area contributed by atoms with Gasteiger partial charge in [0.15, 0.2) is 6.61 Å². The third kappa shape index (κ3) is 4.91. The molecule has 7 nitrogen and oxygen atoms in total. The van der Waals surface area contributed by atoms with E-state index in [-0.39, 0.29) is 11.3 Å². The van der Waals surface area contributed by atoms with Gasteiger partial charge >= 0.3 is 5.97 Å². The minimum absolute atomic E-state index is 0.136. The summed E-state index contributed by atoms with van der Waals surface area (Å²) in [6, 6.07) is 11.1. The molecule has 0 bridgehead atoms. The second kappa shape index (κ2) is 8.93. The van der Waals surface area contributed by atoms with Crippen molar-refractivity contribution in [3.63, 3.8) is 0 Å². The van der Waals surface area contributed by atoms with Gasteiger partial charge in [-0.25, -0.2) is 4.79 Å². The molecule has 0 aliphatic heterocycles. The first-order valence-corrected chi connectivity index (χ1v) is 8.67. The van der Waals surface area contributed by atoms with E-state index in [1.165, 1.54) is 18.2 Å². The fourth-order valence-electron chi connectivity index (χ4n) is 2.67. The van der Waals surface area contributed by atoms with E-state index in [1.54, 1.807) is 19.1 Å². The number of benzene rings is 2. The van der Waals surface area contributed by atoms with Crippen LogP contribution in [0.5, 0.6) is 0 Å². The van der Waals surface area contributed by atoms with Crippen molar-refractivity contribution in [2.75, 3.05) is 24.6 Å². The summed E-state index contributed by atoms with van der Waals surface area (Å²) in [6.07, 6.45) is 0. The zero-order valence-corrected chi connectivity index (χ0v) is 15.6. The van der Waals surface area contributed by atoms with Crippen LogP contribution in [-0.2, 0) is 4.74 Å². The van der Waals surface area contributed by atoms with Gasteiger partial charge in [-0.2, -0.15) is 0 Å². The molecule has 0 aliphatic carbocycles. The van der Waals surface area contributed by atoms with E-state index in [2.05, 4.69) is 4.90 Å². The standard InChI is InChI=1S/C20H22N2O5/c1-4-21(5-2)17-10-8-15(9-11-17)20(24)27-13-19(23)16-7-6-14(3)18(12-16)22(25)26/h6-12H,4-5,13H2,1-3H3. The Labute approximate surface area is 157 Å². The zero-order chi connectivity index (χ0) is 20.0. The van der Waals surface area contributed by atoms with Crippen LogP contribution in [-0.4, -0.2) is 36.4 Å². The minimum Gasteiger partial charge on any atom is -0.454 e. The lowest BCUT2D eigenvalue weighted by Gasteiger charge is -2.20. The van der Waals surface area contributed by atoms with Gasteiger partial charge in [0.2, 0.25) is 5.78 Å². The van der Waals surface area contributed by atoms with E-state index in [0.29, 0.717) is 11.1 Å². The number of nitro groups is 1. The second-order valence-corrected chi connectivity index (χ2v) is 5.98. The Kier molecular flexibility index (Phi) is 6.65. The van der Waals surface area contributed by atoms with Crippen LogP contribution in [0, 0.1) is 17.0 Å². The summed E-state index contributed by atoms with van der Waals surface area (Å²) in [7, 11) is 0. The van der Waals surface area contributed by atoms with Crippen LogP contribution in [0.2, 0.25) is 0 Å². The molecule has 0 aliphatic rings. The minimum atomic E-state index is -0.615. The molecule has 0 fully saturated rings. The van der Waals surface area contributed by atoms with Crippen molar-refractivity contribution in [3.05, 3.63) is 69.3 Å². The fourth-order valence-corrected chi connectivity index (χ4v) is 2.67. The van der Waals surface area contributed by atoms with E-state index >= 15 is 0 Å². The molecule has 0 saturated heterocycles. The van der Waals surface area contributed by atoms with Crippen molar-refractivity contribution >= 4 is 23.1 Å². The molecule has 7 heteroatoms. The van der Waals surface area contributed by atoms with E-state index < -0.39 is 23.3 Å². The molecule has 2 aromatic rings. The predicted octanol–water partition coefficient (Wildman–Crippen LogP) is 3.79. The largest absolute Gasteiger partial charge is 0.454 e. The van der Waals surface area contributed by atoms with Gasteiger partial charge in [-0.05, 0) is 45.0 Å². The molecule has 0 unspecified atom stereocenters. The maximum Gasteiger partial charge on any atom is 0.338 e. The van der Waals surface area contributed by atoms with Gasteiger partial charge in [-0.1, -0.05) is 12.1 Å². The number of rotatable bonds is 8. The number of Topliss-reactive ketones (excluding diaryl/α,β-unsaturated/α-hetero) is 1. The van der Waals surface area contributed by atoms with Crippen molar-refractivity contribution < 1.29 is 19.2 Å². The molecule has 0 spiro atoms. The van der Waals surface area contributed by atoms with Gasteiger partial charge in [0.05, 0.1) is 10.5 Å². The van der Waals surface area contributed by atoms with Crippen LogP contribution in [0.4, 0.5) is 11.4 Å². The SMILES string of the molecule is CCN(CC)c1ccc(C(=O)OCC(=O)c2ccc(C)c([N+](=O)[O-])c2)cc1. The Hall–Kier alpha value is -3.22. The molecule has 0 aromatic heterocycles. The first kappa shape index (κ1) is 20.1. The number of ether oxygens (including phenoxy) is 1. The molecule has 0 amide bonds. The highest BCUT2D eigenvalue weighted by Gasteiger charge is 2.17. The van der Waals surface area contributed by atoms with Gasteiger partial charge in [0.25, 0.3) is 5.69 Å². The Morgan fingerprint density at radius 3 is 2.19 bits per heavy atom. The molecular formula is C20H22N2O5. The Bertz CT molecular complexity index is 842. The molecule has 27 heavy (non-hydrogen) atoms. The molecule has 0 N–H and O–H groups in total. The van der Waals surface area contributed by atoms with E-state index in [4.69, 9.17) is 4.74 Å². The van der Waals surface area contributed by atoms with Gasteiger partial charge in [0, 0.05) is 36.0 Å². The first-order valence-electron chi connectivity index (χ1n) is 8.67. The quantitative estimate of drug-likeness (QED) is 0.304. The third-order valence-electron chi connectivity index (χ3n) is 4.29. The molecule has 0 radical (unpaired) electrons. The highest BCUT2D eigenvalue weighted by molar-refractivity contribution is 6.00. The zero-order valence-electron chi connectivity index (χ0n) is 15.6. The van der Waals surface area contributed by atoms with Gasteiger partial charge < -0.3 is 9.64 Å². The van der Waals surface area contributed by atoms with Crippen molar-refractivity contribution in [2.24, 2.45) is 0 Å². The molecule has 0 saturated carbocycles. The molecule has 2 rings (SSSR count). The number of carbonyl (C=O) groups excluding carboxylic acids is 2. The molecule has 2 aromatic carbocycles. The highest BCUT2D eigenvalue weighted by Crippen LogP contribution is 2.20. The van der Waals surface area contributed by atoms with Crippen LogP contribution in [0.25, 0.3) is 0 Å². The van der Waals surface area contributed by atoms with Crippen molar-refractivity contribution in [2.45, 2.75) is 20.8 Å². The van der Waals surface area contributed by atoms with Crippen molar-refractivity contribution in [1.29, 1.82) is 0 Å².